The Morgan fingerprint density at radius 2 is 2.46 bits per heavy atom. The molecule has 0 aliphatic carbocycles. The van der Waals surface area contributed by atoms with E-state index in [-0.39, 0.29) is 11.6 Å². The van der Waals surface area contributed by atoms with Gasteiger partial charge < -0.3 is 10.5 Å². The van der Waals surface area contributed by atoms with Crippen molar-refractivity contribution in [3.8, 4) is 0 Å². The van der Waals surface area contributed by atoms with Crippen LogP contribution in [0.5, 0.6) is 0 Å². The molecule has 1 saturated heterocycles. The first kappa shape index (κ1) is 8.66. The zero-order valence-electron chi connectivity index (χ0n) is 7.73. The molecule has 2 rings (SSSR count). The van der Waals surface area contributed by atoms with Crippen molar-refractivity contribution in [1.29, 1.82) is 0 Å². The molecule has 0 spiro atoms. The highest BCUT2D eigenvalue weighted by molar-refractivity contribution is 5.14. The standard InChI is InChI=1S/C10H14N2O/c1-10(6-8(11)7-13-10)9-4-2-3-5-12-9/h2-5,8H,6-7,11H2,1H3. The minimum atomic E-state index is -0.277. The fourth-order valence-corrected chi connectivity index (χ4v) is 1.76. The van der Waals surface area contributed by atoms with Gasteiger partial charge in [0.05, 0.1) is 12.3 Å². The maximum atomic E-state index is 5.79. The van der Waals surface area contributed by atoms with E-state index in [1.54, 1.807) is 6.20 Å². The van der Waals surface area contributed by atoms with Crippen LogP contribution in [0.3, 0.4) is 0 Å². The van der Waals surface area contributed by atoms with E-state index >= 15 is 0 Å². The Balaban J connectivity index is 2.26. The van der Waals surface area contributed by atoms with E-state index in [4.69, 9.17) is 10.5 Å². The summed E-state index contributed by atoms with van der Waals surface area (Å²) in [7, 11) is 0. The summed E-state index contributed by atoms with van der Waals surface area (Å²) in [5.41, 5.74) is 6.49. The van der Waals surface area contributed by atoms with Crippen LogP contribution in [0, 0.1) is 0 Å². The van der Waals surface area contributed by atoms with Gasteiger partial charge in [-0.25, -0.2) is 0 Å². The number of nitrogens with zero attached hydrogens (tertiary/aromatic N) is 1. The molecule has 2 heterocycles. The molecule has 3 heteroatoms. The van der Waals surface area contributed by atoms with Gasteiger partial charge in [-0.15, -0.1) is 0 Å². The molecule has 1 aromatic heterocycles. The second-order valence-electron chi connectivity index (χ2n) is 3.72. The van der Waals surface area contributed by atoms with E-state index < -0.39 is 0 Å². The molecule has 0 saturated carbocycles. The van der Waals surface area contributed by atoms with Crippen molar-refractivity contribution in [2.24, 2.45) is 5.73 Å². The van der Waals surface area contributed by atoms with Crippen molar-refractivity contribution in [3.63, 3.8) is 0 Å². The van der Waals surface area contributed by atoms with Crippen molar-refractivity contribution in [1.82, 2.24) is 4.98 Å². The summed E-state index contributed by atoms with van der Waals surface area (Å²) in [5, 5.41) is 0. The fraction of sp³-hybridized carbons (Fsp3) is 0.500. The molecule has 1 aromatic rings. The van der Waals surface area contributed by atoms with Crippen LogP contribution < -0.4 is 5.73 Å². The SMILES string of the molecule is CC1(c2ccccn2)CC(N)CO1. The third-order valence-corrected chi connectivity index (χ3v) is 2.47. The highest BCUT2D eigenvalue weighted by Crippen LogP contribution is 2.33. The lowest BCUT2D eigenvalue weighted by Crippen LogP contribution is -2.24. The van der Waals surface area contributed by atoms with E-state index in [1.807, 2.05) is 25.1 Å². The van der Waals surface area contributed by atoms with Crippen LogP contribution in [-0.4, -0.2) is 17.6 Å². The van der Waals surface area contributed by atoms with Crippen molar-refractivity contribution in [3.05, 3.63) is 30.1 Å². The van der Waals surface area contributed by atoms with Gasteiger partial charge in [-0.05, 0) is 25.5 Å². The summed E-state index contributed by atoms with van der Waals surface area (Å²) in [4.78, 5) is 4.29. The van der Waals surface area contributed by atoms with E-state index in [0.717, 1.165) is 12.1 Å². The minimum Gasteiger partial charge on any atom is -0.367 e. The number of pyridine rings is 1. The first-order valence-electron chi connectivity index (χ1n) is 4.52. The van der Waals surface area contributed by atoms with Gasteiger partial charge in [0.2, 0.25) is 0 Å². The van der Waals surface area contributed by atoms with Crippen LogP contribution in [0.4, 0.5) is 0 Å². The van der Waals surface area contributed by atoms with Gasteiger partial charge in [0.25, 0.3) is 0 Å². The van der Waals surface area contributed by atoms with Gasteiger partial charge in [0.15, 0.2) is 0 Å². The van der Waals surface area contributed by atoms with Crippen LogP contribution in [0.15, 0.2) is 24.4 Å². The van der Waals surface area contributed by atoms with Crippen LogP contribution in [0.25, 0.3) is 0 Å². The molecule has 1 fully saturated rings. The zero-order chi connectivity index (χ0) is 9.31. The summed E-state index contributed by atoms with van der Waals surface area (Å²) < 4.78 is 5.65. The van der Waals surface area contributed by atoms with Crippen LogP contribution in [-0.2, 0) is 10.3 Å². The highest BCUT2D eigenvalue weighted by atomic mass is 16.5. The molecule has 3 nitrogen and oxygen atoms in total. The second kappa shape index (κ2) is 3.09. The lowest BCUT2D eigenvalue weighted by molar-refractivity contribution is 0.0129. The fourth-order valence-electron chi connectivity index (χ4n) is 1.76. The summed E-state index contributed by atoms with van der Waals surface area (Å²) >= 11 is 0. The molecule has 2 unspecified atom stereocenters. The highest BCUT2D eigenvalue weighted by Gasteiger charge is 2.37. The number of aromatic nitrogens is 1. The van der Waals surface area contributed by atoms with Gasteiger partial charge in [-0.3, -0.25) is 4.98 Å². The maximum Gasteiger partial charge on any atom is 0.109 e. The van der Waals surface area contributed by atoms with Gasteiger partial charge >= 0.3 is 0 Å². The van der Waals surface area contributed by atoms with E-state index in [0.29, 0.717) is 6.61 Å². The number of hydrogen-bond donors (Lipinski definition) is 1. The number of hydrogen-bond acceptors (Lipinski definition) is 3. The Labute approximate surface area is 77.9 Å². The van der Waals surface area contributed by atoms with Crippen LogP contribution in [0.2, 0.25) is 0 Å². The van der Waals surface area contributed by atoms with Gasteiger partial charge in [0.1, 0.15) is 5.60 Å². The number of rotatable bonds is 1. The summed E-state index contributed by atoms with van der Waals surface area (Å²) in [6.07, 6.45) is 2.64. The molecule has 2 atom stereocenters. The van der Waals surface area contributed by atoms with Crippen molar-refractivity contribution < 1.29 is 4.74 Å². The molecule has 0 amide bonds. The van der Waals surface area contributed by atoms with Crippen LogP contribution >= 0.6 is 0 Å². The average Bonchev–Trinajstić information content (AvgIpc) is 2.49. The van der Waals surface area contributed by atoms with E-state index in [2.05, 4.69) is 4.98 Å². The van der Waals surface area contributed by atoms with Gasteiger partial charge in [0, 0.05) is 12.2 Å². The molecule has 70 valence electrons. The van der Waals surface area contributed by atoms with Gasteiger partial charge in [-0.2, -0.15) is 0 Å². The number of nitrogens with two attached hydrogens (primary N) is 1. The van der Waals surface area contributed by atoms with Gasteiger partial charge in [-0.1, -0.05) is 6.07 Å². The molecule has 1 aliphatic heterocycles. The first-order chi connectivity index (χ1) is 6.21. The van der Waals surface area contributed by atoms with Crippen molar-refractivity contribution >= 4 is 0 Å². The summed E-state index contributed by atoms with van der Waals surface area (Å²) in [6.45, 7) is 2.68. The Bertz CT molecular complexity index is 288. The second-order valence-corrected chi connectivity index (χ2v) is 3.72. The predicted molar refractivity (Wildman–Crippen MR) is 50.1 cm³/mol. The third kappa shape index (κ3) is 1.57. The van der Waals surface area contributed by atoms with Crippen molar-refractivity contribution in [2.75, 3.05) is 6.61 Å². The molecule has 13 heavy (non-hydrogen) atoms. The first-order valence-corrected chi connectivity index (χ1v) is 4.52. The van der Waals surface area contributed by atoms with E-state index in [9.17, 15) is 0 Å². The minimum absolute atomic E-state index is 0.145. The molecular weight excluding hydrogens is 164 g/mol. The zero-order valence-corrected chi connectivity index (χ0v) is 7.73. The Kier molecular flexibility index (Phi) is 2.06. The lowest BCUT2D eigenvalue weighted by atomic mass is 9.96. The molecule has 1 aliphatic rings. The Hall–Kier alpha value is -0.930. The molecule has 2 N–H and O–H groups in total. The monoisotopic (exact) mass is 178 g/mol. The normalized spacial score (nSPS) is 33.5. The Morgan fingerprint density at radius 1 is 1.62 bits per heavy atom. The lowest BCUT2D eigenvalue weighted by Gasteiger charge is -2.21. The van der Waals surface area contributed by atoms with Crippen LogP contribution in [0.1, 0.15) is 19.0 Å². The third-order valence-electron chi connectivity index (χ3n) is 2.47. The summed E-state index contributed by atoms with van der Waals surface area (Å²) in [5.74, 6) is 0. The predicted octanol–water partition coefficient (Wildman–Crippen LogP) is 1.04. The molecule has 0 bridgehead atoms. The maximum absolute atomic E-state index is 5.79. The smallest absolute Gasteiger partial charge is 0.109 e. The van der Waals surface area contributed by atoms with E-state index in [1.165, 1.54) is 0 Å². The number of ether oxygens (including phenoxy) is 1. The largest absolute Gasteiger partial charge is 0.367 e. The van der Waals surface area contributed by atoms with Crippen molar-refractivity contribution in [2.45, 2.75) is 25.0 Å². The molecule has 0 radical (unpaired) electrons. The molecular formula is C10H14N2O. The Morgan fingerprint density at radius 3 is 3.00 bits per heavy atom. The average molecular weight is 178 g/mol. The topological polar surface area (TPSA) is 48.1 Å². The summed E-state index contributed by atoms with van der Waals surface area (Å²) in [6, 6.07) is 6.01. The quantitative estimate of drug-likeness (QED) is 0.699. The molecule has 0 aromatic carbocycles.